The Kier molecular flexibility index (Phi) is 3.90. The molecule has 0 aromatic carbocycles. The van der Waals surface area contributed by atoms with Crippen molar-refractivity contribution in [2.75, 3.05) is 6.61 Å². The van der Waals surface area contributed by atoms with E-state index in [1.165, 1.54) is 0 Å². The van der Waals surface area contributed by atoms with Crippen molar-refractivity contribution in [1.82, 2.24) is 0 Å². The van der Waals surface area contributed by atoms with Gasteiger partial charge in [0.25, 0.3) is 0 Å². The Morgan fingerprint density at radius 3 is 2.64 bits per heavy atom. The third kappa shape index (κ3) is 2.10. The summed E-state index contributed by atoms with van der Waals surface area (Å²) in [6.45, 7) is 3.51. The zero-order chi connectivity index (χ0) is 9.64. The minimum atomic E-state index is -0.662. The monoisotopic (exact) mass is 275 g/mol. The molecule has 0 spiro atoms. The van der Waals surface area contributed by atoms with Gasteiger partial charge < -0.3 is 19.7 Å². The summed E-state index contributed by atoms with van der Waals surface area (Å²) in [5.41, 5.74) is 0.711. The first kappa shape index (κ1) is 12.8. The molecule has 2 N–H and O–H groups in total. The van der Waals surface area contributed by atoms with Crippen LogP contribution in [0.3, 0.4) is 0 Å². The van der Waals surface area contributed by atoms with Gasteiger partial charge in [0.1, 0.15) is 18.3 Å². The van der Waals surface area contributed by atoms with E-state index in [0.717, 1.165) is 0 Å². The van der Waals surface area contributed by atoms with Crippen molar-refractivity contribution in [1.29, 1.82) is 0 Å². The molecule has 4 nitrogen and oxygen atoms in total. The van der Waals surface area contributed by atoms with Gasteiger partial charge in [0.15, 0.2) is 5.79 Å². The number of rotatable bonds is 1. The maximum Gasteiger partial charge on any atom is 0.164 e. The van der Waals surface area contributed by atoms with Crippen molar-refractivity contribution in [2.45, 2.75) is 37.9 Å². The smallest absolute Gasteiger partial charge is 0.164 e. The van der Waals surface area contributed by atoms with Crippen molar-refractivity contribution >= 4 is 0 Å². The molecule has 0 aromatic heterocycles. The molecule has 5 heteroatoms. The van der Waals surface area contributed by atoms with Crippen LogP contribution in [0.25, 0.3) is 0 Å². The predicted octanol–water partition coefficient (Wildman–Crippen LogP) is -0.203. The van der Waals surface area contributed by atoms with Gasteiger partial charge in [-0.1, -0.05) is 0 Å². The van der Waals surface area contributed by atoms with Crippen molar-refractivity contribution in [3.63, 3.8) is 0 Å². The summed E-state index contributed by atoms with van der Waals surface area (Å²) in [5.74, 6) is -0.662. The second-order valence-electron chi connectivity index (χ2n) is 3.91. The largest absolute Gasteiger partial charge is 0.392 e. The minimum absolute atomic E-state index is 0. The molecule has 1 saturated heterocycles. The zero-order valence-corrected chi connectivity index (χ0v) is 11.1. The fourth-order valence-corrected chi connectivity index (χ4v) is 1.88. The number of hydrogen-bond donors (Lipinski definition) is 2. The van der Waals surface area contributed by atoms with Gasteiger partial charge in [-0.2, -0.15) is 0 Å². The molecule has 1 heterocycles. The summed E-state index contributed by atoms with van der Waals surface area (Å²) in [6, 6.07) is 0. The van der Waals surface area contributed by atoms with Crippen LogP contribution < -0.4 is 0 Å². The normalized spacial score (nSPS) is 38.9. The first-order valence-corrected chi connectivity index (χ1v) is 4.38. The van der Waals surface area contributed by atoms with Crippen LogP contribution in [-0.4, -0.2) is 40.9 Å². The Morgan fingerprint density at radius 1 is 1.43 bits per heavy atom. The number of ether oxygens (including phenoxy) is 2. The summed E-state index contributed by atoms with van der Waals surface area (Å²) >= 11 is 0. The molecule has 2 aliphatic rings. The van der Waals surface area contributed by atoms with E-state index < -0.39 is 11.9 Å². The molecule has 1 aliphatic heterocycles. The number of hydrogen-bond acceptors (Lipinski definition) is 4. The van der Waals surface area contributed by atoms with Gasteiger partial charge in [-0.05, 0) is 25.5 Å². The molecule has 1 radical (unpaired) electrons. The minimum Gasteiger partial charge on any atom is -0.392 e. The van der Waals surface area contributed by atoms with Gasteiger partial charge in [-0.15, -0.1) is 0 Å². The van der Waals surface area contributed by atoms with Gasteiger partial charge >= 0.3 is 0 Å². The molecule has 3 atom stereocenters. The molecule has 0 saturated carbocycles. The van der Waals surface area contributed by atoms with E-state index in [4.69, 9.17) is 14.6 Å². The topological polar surface area (TPSA) is 58.9 Å². The van der Waals surface area contributed by atoms with Crippen LogP contribution in [-0.2, 0) is 42.2 Å². The molecular weight excluding hydrogens is 261 g/mol. The van der Waals surface area contributed by atoms with Crippen LogP contribution in [0.2, 0.25) is 0 Å². The zero-order valence-electron chi connectivity index (χ0n) is 8.30. The summed E-state index contributed by atoms with van der Waals surface area (Å²) in [6.07, 6.45) is 0.311. The second kappa shape index (κ2) is 4.28. The first-order valence-electron chi connectivity index (χ1n) is 4.38. The first-order chi connectivity index (χ1) is 6.03. The van der Waals surface area contributed by atoms with E-state index in [0.29, 0.717) is 5.57 Å². The molecule has 14 heavy (non-hydrogen) atoms. The van der Waals surface area contributed by atoms with Crippen molar-refractivity contribution in [3.05, 3.63) is 11.6 Å². The molecule has 1 aliphatic carbocycles. The van der Waals surface area contributed by atoms with Crippen molar-refractivity contribution in [3.8, 4) is 0 Å². The summed E-state index contributed by atoms with van der Waals surface area (Å²) < 4.78 is 11.0. The molecule has 77 valence electrons. The maximum atomic E-state index is 9.54. The Bertz CT molecular complexity index is 251. The molecule has 2 rings (SSSR count). The molecule has 2 unspecified atom stereocenters. The van der Waals surface area contributed by atoms with Gasteiger partial charge in [0.05, 0.1) is 6.61 Å². The Morgan fingerprint density at radius 2 is 2.07 bits per heavy atom. The second-order valence-corrected chi connectivity index (χ2v) is 3.91. The predicted molar refractivity (Wildman–Crippen MR) is 45.0 cm³/mol. The number of fused-ring (bicyclic) bond motifs is 1. The summed E-state index contributed by atoms with van der Waals surface area (Å²) in [4.78, 5) is 0. The van der Waals surface area contributed by atoms with E-state index in [9.17, 15) is 5.11 Å². The summed E-state index contributed by atoms with van der Waals surface area (Å²) in [7, 11) is 0. The molecule has 1 fully saturated rings. The van der Waals surface area contributed by atoms with Crippen LogP contribution in [0, 0.1) is 0 Å². The third-order valence-electron chi connectivity index (χ3n) is 2.40. The molecule has 0 aromatic rings. The molecule has 0 amide bonds. The fraction of sp³-hybridized carbons (Fsp3) is 0.778. The fourth-order valence-electron chi connectivity index (χ4n) is 1.88. The third-order valence-corrected chi connectivity index (χ3v) is 2.40. The van der Waals surface area contributed by atoms with Gasteiger partial charge in [-0.3, -0.25) is 0 Å². The standard InChI is InChI=1S/C9H14O4.Y/c1-9(2)12-7-5(4-10)3-6(11)8(7)13-9;/h3,6-8,10-11H,4H2,1-2H3;/t6-,7?,8?;/m0./s1. The van der Waals surface area contributed by atoms with E-state index in [2.05, 4.69) is 0 Å². The maximum absolute atomic E-state index is 9.54. The SMILES string of the molecule is CC1(C)OC2C(CO)=C[C@H](O)C2O1.[Y]. The average Bonchev–Trinajstić information content (AvgIpc) is 2.47. The van der Waals surface area contributed by atoms with Crippen LogP contribution in [0.5, 0.6) is 0 Å². The van der Waals surface area contributed by atoms with Crippen LogP contribution in [0.4, 0.5) is 0 Å². The van der Waals surface area contributed by atoms with E-state index in [1.54, 1.807) is 19.9 Å². The number of aliphatic hydroxyl groups excluding tert-OH is 2. The Hall–Kier alpha value is 0.684. The van der Waals surface area contributed by atoms with Gasteiger partial charge in [-0.25, -0.2) is 0 Å². The van der Waals surface area contributed by atoms with Gasteiger partial charge in [0.2, 0.25) is 0 Å². The van der Waals surface area contributed by atoms with Crippen molar-refractivity contribution in [2.24, 2.45) is 0 Å². The van der Waals surface area contributed by atoms with E-state index in [-0.39, 0.29) is 51.5 Å². The Balaban J connectivity index is 0.000000980. The van der Waals surface area contributed by atoms with Crippen LogP contribution >= 0.6 is 0 Å². The van der Waals surface area contributed by atoms with Crippen LogP contribution in [0.1, 0.15) is 13.8 Å². The van der Waals surface area contributed by atoms with E-state index in [1.807, 2.05) is 0 Å². The number of aliphatic hydroxyl groups is 2. The molecule has 0 bridgehead atoms. The van der Waals surface area contributed by atoms with Crippen LogP contribution in [0.15, 0.2) is 11.6 Å². The van der Waals surface area contributed by atoms with E-state index >= 15 is 0 Å². The summed E-state index contributed by atoms with van der Waals surface area (Å²) in [5, 5.41) is 18.5. The average molecular weight is 275 g/mol. The quantitative estimate of drug-likeness (QED) is 0.651. The molecular formula is C9H14O4Y. The van der Waals surface area contributed by atoms with Gasteiger partial charge in [0, 0.05) is 32.7 Å². The Labute approximate surface area is 108 Å². The van der Waals surface area contributed by atoms with Crippen molar-refractivity contribution < 1.29 is 52.4 Å².